The first kappa shape index (κ1) is 14.7. The third-order valence-electron chi connectivity index (χ3n) is 2.23. The average Bonchev–Trinajstić information content (AvgIpc) is 2.23. The van der Waals surface area contributed by atoms with Crippen LogP contribution >= 0.6 is 0 Å². The standard InChI is InChI=1S/C12H22N4O2/c1-5-18-7-10-14-9(13)6-11(15-10)16(4)8-12(2,3)17/h6,17H,5,7-8H2,1-4H3,(H2,13,14,15). The molecule has 0 atom stereocenters. The normalized spacial score (nSPS) is 11.6. The second kappa shape index (κ2) is 5.97. The Labute approximate surface area is 108 Å². The zero-order valence-corrected chi connectivity index (χ0v) is 11.5. The van der Waals surface area contributed by atoms with Crippen molar-refractivity contribution in [1.29, 1.82) is 0 Å². The largest absolute Gasteiger partial charge is 0.389 e. The number of nitrogens with two attached hydrogens (primary N) is 1. The van der Waals surface area contributed by atoms with Gasteiger partial charge in [-0.3, -0.25) is 0 Å². The van der Waals surface area contributed by atoms with Gasteiger partial charge in [-0.15, -0.1) is 0 Å². The SMILES string of the molecule is CCOCc1nc(N)cc(N(C)CC(C)(C)O)n1. The molecule has 1 heterocycles. The molecule has 3 N–H and O–H groups in total. The van der Waals surface area contributed by atoms with Gasteiger partial charge in [0, 0.05) is 26.3 Å². The lowest BCUT2D eigenvalue weighted by Crippen LogP contribution is -2.36. The van der Waals surface area contributed by atoms with E-state index in [1.807, 2.05) is 18.9 Å². The van der Waals surface area contributed by atoms with E-state index in [2.05, 4.69) is 9.97 Å². The molecule has 0 bridgehead atoms. The van der Waals surface area contributed by atoms with Crippen molar-refractivity contribution in [2.45, 2.75) is 33.0 Å². The van der Waals surface area contributed by atoms with Crippen LogP contribution in [-0.4, -0.2) is 40.9 Å². The number of aliphatic hydroxyl groups is 1. The summed E-state index contributed by atoms with van der Waals surface area (Å²) in [7, 11) is 1.85. The second-order valence-electron chi connectivity index (χ2n) is 4.87. The molecule has 0 unspecified atom stereocenters. The van der Waals surface area contributed by atoms with E-state index in [1.165, 1.54) is 0 Å². The minimum Gasteiger partial charge on any atom is -0.389 e. The number of likely N-dealkylation sites (N-methyl/N-ethyl adjacent to an activating group) is 1. The molecule has 1 aromatic heterocycles. The van der Waals surface area contributed by atoms with Gasteiger partial charge < -0.3 is 20.5 Å². The number of nitrogens with zero attached hydrogens (tertiary/aromatic N) is 3. The van der Waals surface area contributed by atoms with Crippen molar-refractivity contribution in [2.75, 3.05) is 30.8 Å². The van der Waals surface area contributed by atoms with E-state index in [-0.39, 0.29) is 0 Å². The van der Waals surface area contributed by atoms with Crippen molar-refractivity contribution in [2.24, 2.45) is 0 Å². The molecule has 0 aromatic carbocycles. The van der Waals surface area contributed by atoms with Crippen molar-refractivity contribution < 1.29 is 9.84 Å². The molecule has 0 saturated heterocycles. The summed E-state index contributed by atoms with van der Waals surface area (Å²) in [5.74, 6) is 1.63. The summed E-state index contributed by atoms with van der Waals surface area (Å²) >= 11 is 0. The lowest BCUT2D eigenvalue weighted by Gasteiger charge is -2.26. The van der Waals surface area contributed by atoms with E-state index in [9.17, 15) is 5.11 Å². The molecule has 102 valence electrons. The Bertz CT molecular complexity index is 390. The van der Waals surface area contributed by atoms with Gasteiger partial charge in [-0.2, -0.15) is 0 Å². The van der Waals surface area contributed by atoms with Crippen LogP contribution in [0, 0.1) is 0 Å². The average molecular weight is 254 g/mol. The Balaban J connectivity index is 2.84. The van der Waals surface area contributed by atoms with Crippen molar-refractivity contribution in [1.82, 2.24) is 9.97 Å². The van der Waals surface area contributed by atoms with Crippen LogP contribution in [0.15, 0.2) is 6.07 Å². The number of aromatic nitrogens is 2. The van der Waals surface area contributed by atoms with Crippen LogP contribution in [0.25, 0.3) is 0 Å². The van der Waals surface area contributed by atoms with Crippen LogP contribution in [0.2, 0.25) is 0 Å². The van der Waals surface area contributed by atoms with Crippen LogP contribution in [0.5, 0.6) is 0 Å². The summed E-state index contributed by atoms with van der Waals surface area (Å²) < 4.78 is 5.26. The molecule has 0 amide bonds. The molecule has 0 aliphatic carbocycles. The highest BCUT2D eigenvalue weighted by atomic mass is 16.5. The van der Waals surface area contributed by atoms with Crippen LogP contribution in [-0.2, 0) is 11.3 Å². The lowest BCUT2D eigenvalue weighted by molar-refractivity contribution is 0.0884. The summed E-state index contributed by atoms with van der Waals surface area (Å²) in [5, 5.41) is 9.79. The Morgan fingerprint density at radius 3 is 2.67 bits per heavy atom. The molecule has 0 saturated carbocycles. The summed E-state index contributed by atoms with van der Waals surface area (Å²) in [6, 6.07) is 1.68. The predicted octanol–water partition coefficient (Wildman–Crippen LogP) is 0.802. The number of rotatable bonds is 6. The maximum atomic E-state index is 9.79. The summed E-state index contributed by atoms with van der Waals surface area (Å²) in [4.78, 5) is 10.3. The number of nitrogen functional groups attached to an aromatic ring is 1. The maximum absolute atomic E-state index is 9.79. The highest BCUT2D eigenvalue weighted by Gasteiger charge is 2.17. The van der Waals surface area contributed by atoms with Crippen molar-refractivity contribution in [3.63, 3.8) is 0 Å². The van der Waals surface area contributed by atoms with Gasteiger partial charge in [-0.25, -0.2) is 9.97 Å². The van der Waals surface area contributed by atoms with Crippen LogP contribution in [0.3, 0.4) is 0 Å². The number of hydrogen-bond donors (Lipinski definition) is 2. The maximum Gasteiger partial charge on any atom is 0.158 e. The summed E-state index contributed by atoms with van der Waals surface area (Å²) in [6.45, 7) is 6.80. The van der Waals surface area contributed by atoms with Gasteiger partial charge >= 0.3 is 0 Å². The zero-order valence-electron chi connectivity index (χ0n) is 11.5. The van der Waals surface area contributed by atoms with E-state index in [4.69, 9.17) is 10.5 Å². The Kier molecular flexibility index (Phi) is 4.86. The fraction of sp³-hybridized carbons (Fsp3) is 0.667. The van der Waals surface area contributed by atoms with Crippen molar-refractivity contribution >= 4 is 11.6 Å². The molecule has 0 radical (unpaired) electrons. The van der Waals surface area contributed by atoms with Gasteiger partial charge in [0.2, 0.25) is 0 Å². The van der Waals surface area contributed by atoms with Gasteiger partial charge in [0.25, 0.3) is 0 Å². The number of anilines is 2. The van der Waals surface area contributed by atoms with Gasteiger partial charge in [-0.1, -0.05) is 0 Å². The van der Waals surface area contributed by atoms with E-state index < -0.39 is 5.60 Å². The van der Waals surface area contributed by atoms with E-state index in [0.29, 0.717) is 37.2 Å². The summed E-state index contributed by atoms with van der Waals surface area (Å²) in [5.41, 5.74) is 4.94. The molecule has 0 fully saturated rings. The molecule has 1 aromatic rings. The highest BCUT2D eigenvalue weighted by molar-refractivity contribution is 5.46. The molecule has 6 nitrogen and oxygen atoms in total. The molecule has 0 aliphatic rings. The molecule has 6 heteroatoms. The third-order valence-corrected chi connectivity index (χ3v) is 2.23. The first-order chi connectivity index (χ1) is 8.31. The Morgan fingerprint density at radius 2 is 2.11 bits per heavy atom. The monoisotopic (exact) mass is 254 g/mol. The molecule has 0 aliphatic heterocycles. The van der Waals surface area contributed by atoms with E-state index >= 15 is 0 Å². The zero-order chi connectivity index (χ0) is 13.8. The fourth-order valence-electron chi connectivity index (χ4n) is 1.62. The van der Waals surface area contributed by atoms with Gasteiger partial charge in [0.1, 0.15) is 18.2 Å². The minimum absolute atomic E-state index is 0.338. The molecular formula is C12H22N4O2. The smallest absolute Gasteiger partial charge is 0.158 e. The topological polar surface area (TPSA) is 84.5 Å². The minimum atomic E-state index is -0.797. The van der Waals surface area contributed by atoms with Crippen LogP contribution in [0.4, 0.5) is 11.6 Å². The van der Waals surface area contributed by atoms with Gasteiger partial charge in [-0.05, 0) is 20.8 Å². The first-order valence-corrected chi connectivity index (χ1v) is 5.96. The van der Waals surface area contributed by atoms with Crippen LogP contribution in [0.1, 0.15) is 26.6 Å². The highest BCUT2D eigenvalue weighted by Crippen LogP contribution is 2.15. The van der Waals surface area contributed by atoms with Crippen molar-refractivity contribution in [3.8, 4) is 0 Å². The molecule has 0 spiro atoms. The lowest BCUT2D eigenvalue weighted by atomic mass is 10.1. The van der Waals surface area contributed by atoms with Gasteiger partial charge in [0.15, 0.2) is 5.82 Å². The fourth-order valence-corrected chi connectivity index (χ4v) is 1.62. The van der Waals surface area contributed by atoms with Crippen LogP contribution < -0.4 is 10.6 Å². The van der Waals surface area contributed by atoms with Gasteiger partial charge in [0.05, 0.1) is 5.60 Å². The second-order valence-corrected chi connectivity index (χ2v) is 4.87. The third kappa shape index (κ3) is 4.85. The predicted molar refractivity (Wildman–Crippen MR) is 71.3 cm³/mol. The van der Waals surface area contributed by atoms with E-state index in [0.717, 1.165) is 0 Å². The quantitative estimate of drug-likeness (QED) is 0.781. The van der Waals surface area contributed by atoms with E-state index in [1.54, 1.807) is 19.9 Å². The Morgan fingerprint density at radius 1 is 1.44 bits per heavy atom. The Hall–Kier alpha value is -1.40. The van der Waals surface area contributed by atoms with Crippen molar-refractivity contribution in [3.05, 3.63) is 11.9 Å². The molecule has 1 rings (SSSR count). The summed E-state index contributed by atoms with van der Waals surface area (Å²) in [6.07, 6.45) is 0. The number of hydrogen-bond acceptors (Lipinski definition) is 6. The molecule has 18 heavy (non-hydrogen) atoms. The number of ether oxygens (including phenoxy) is 1. The first-order valence-electron chi connectivity index (χ1n) is 5.96. The molecular weight excluding hydrogens is 232 g/mol.